The zero-order valence-electron chi connectivity index (χ0n) is 11.7. The van der Waals surface area contributed by atoms with Crippen LogP contribution in [-0.2, 0) is 4.79 Å². The van der Waals surface area contributed by atoms with Gasteiger partial charge in [-0.05, 0) is 41.9 Å². The van der Waals surface area contributed by atoms with E-state index in [0.717, 1.165) is 5.56 Å². The highest BCUT2D eigenvalue weighted by Crippen LogP contribution is 2.35. The summed E-state index contributed by atoms with van der Waals surface area (Å²) in [7, 11) is 1.59. The molecule has 1 unspecified atom stereocenters. The number of carboxylic acids is 1. The highest BCUT2D eigenvalue weighted by molar-refractivity contribution is 7.99. The molecule has 1 fully saturated rings. The molecule has 1 aromatic carbocycles. The molecule has 110 valence electrons. The lowest BCUT2D eigenvalue weighted by atomic mass is 9.90. The second-order valence-electron chi connectivity index (χ2n) is 5.09. The maximum atomic E-state index is 10.8. The van der Waals surface area contributed by atoms with Gasteiger partial charge in [0.1, 0.15) is 5.75 Å². The number of aliphatic carboxylic acids is 1. The van der Waals surface area contributed by atoms with Gasteiger partial charge < -0.3 is 15.6 Å². The number of carboxylic acid groups (broad SMARTS) is 1. The summed E-state index contributed by atoms with van der Waals surface area (Å²) in [6.07, 6.45) is 2.26. The molecule has 1 atom stereocenters. The van der Waals surface area contributed by atoms with E-state index in [-0.39, 0.29) is 6.42 Å². The van der Waals surface area contributed by atoms with Gasteiger partial charge in [-0.25, -0.2) is 0 Å². The van der Waals surface area contributed by atoms with Gasteiger partial charge in [0, 0.05) is 11.6 Å². The molecule has 0 amide bonds. The first-order chi connectivity index (χ1) is 9.61. The van der Waals surface area contributed by atoms with E-state index in [1.54, 1.807) is 7.11 Å². The topological polar surface area (TPSA) is 72.5 Å². The number of nitrogens with two attached hydrogens (primary N) is 1. The minimum atomic E-state index is -0.890. The Labute approximate surface area is 123 Å². The van der Waals surface area contributed by atoms with Crippen molar-refractivity contribution in [3.63, 3.8) is 0 Å². The molecule has 0 saturated carbocycles. The second kappa shape index (κ2) is 6.99. The third kappa shape index (κ3) is 3.67. The highest BCUT2D eigenvalue weighted by Gasteiger charge is 2.20. The molecule has 1 aliphatic rings. The first-order valence-electron chi connectivity index (χ1n) is 6.84. The van der Waals surface area contributed by atoms with E-state index < -0.39 is 12.0 Å². The van der Waals surface area contributed by atoms with Crippen LogP contribution in [0.3, 0.4) is 0 Å². The zero-order chi connectivity index (χ0) is 14.5. The van der Waals surface area contributed by atoms with Gasteiger partial charge in [-0.15, -0.1) is 0 Å². The smallest absolute Gasteiger partial charge is 0.305 e. The van der Waals surface area contributed by atoms with Crippen molar-refractivity contribution in [2.24, 2.45) is 5.73 Å². The summed E-state index contributed by atoms with van der Waals surface area (Å²) in [6.45, 7) is 0. The summed E-state index contributed by atoms with van der Waals surface area (Å²) in [4.78, 5) is 10.8. The van der Waals surface area contributed by atoms with Crippen molar-refractivity contribution in [2.75, 3.05) is 18.6 Å². The van der Waals surface area contributed by atoms with E-state index in [4.69, 9.17) is 15.6 Å². The Hall–Kier alpha value is -1.20. The van der Waals surface area contributed by atoms with Gasteiger partial charge in [0.2, 0.25) is 0 Å². The maximum Gasteiger partial charge on any atom is 0.305 e. The molecule has 0 radical (unpaired) electrons. The summed E-state index contributed by atoms with van der Waals surface area (Å²) < 4.78 is 5.31. The molecule has 2 rings (SSSR count). The van der Waals surface area contributed by atoms with Crippen molar-refractivity contribution >= 4 is 17.7 Å². The Morgan fingerprint density at radius 1 is 1.50 bits per heavy atom. The monoisotopic (exact) mass is 295 g/mol. The predicted molar refractivity (Wildman–Crippen MR) is 81.5 cm³/mol. The van der Waals surface area contributed by atoms with Crippen LogP contribution in [-0.4, -0.2) is 29.7 Å². The molecule has 0 aliphatic carbocycles. The lowest BCUT2D eigenvalue weighted by Gasteiger charge is -2.24. The number of hydrogen-bond donors (Lipinski definition) is 2. The summed E-state index contributed by atoms with van der Waals surface area (Å²) in [5.74, 6) is 2.71. The average molecular weight is 295 g/mol. The SMILES string of the molecule is COc1ccc(C2CCSCC2)cc1C(N)CC(=O)O. The Balaban J connectivity index is 2.25. The largest absolute Gasteiger partial charge is 0.496 e. The van der Waals surface area contributed by atoms with Crippen LogP contribution in [0.15, 0.2) is 18.2 Å². The lowest BCUT2D eigenvalue weighted by Crippen LogP contribution is -2.17. The highest BCUT2D eigenvalue weighted by atomic mass is 32.2. The fourth-order valence-electron chi connectivity index (χ4n) is 2.63. The molecule has 20 heavy (non-hydrogen) atoms. The molecule has 1 aliphatic heterocycles. The van der Waals surface area contributed by atoms with E-state index >= 15 is 0 Å². The molecule has 1 saturated heterocycles. The van der Waals surface area contributed by atoms with Gasteiger partial charge in [0.25, 0.3) is 0 Å². The van der Waals surface area contributed by atoms with Gasteiger partial charge in [0.05, 0.1) is 13.5 Å². The fraction of sp³-hybridized carbons (Fsp3) is 0.533. The first kappa shape index (κ1) is 15.2. The number of hydrogen-bond acceptors (Lipinski definition) is 4. The maximum absolute atomic E-state index is 10.8. The predicted octanol–water partition coefficient (Wildman–Crippen LogP) is 2.78. The van der Waals surface area contributed by atoms with Crippen molar-refractivity contribution in [3.8, 4) is 5.75 Å². The number of benzene rings is 1. The van der Waals surface area contributed by atoms with Crippen molar-refractivity contribution in [2.45, 2.75) is 31.2 Å². The minimum absolute atomic E-state index is 0.0830. The third-order valence-electron chi connectivity index (χ3n) is 3.74. The number of rotatable bonds is 5. The molecule has 0 bridgehead atoms. The normalized spacial score (nSPS) is 17.7. The van der Waals surface area contributed by atoms with Crippen LogP contribution in [0.1, 0.15) is 42.3 Å². The quantitative estimate of drug-likeness (QED) is 0.874. The van der Waals surface area contributed by atoms with Crippen LogP contribution in [0.2, 0.25) is 0 Å². The van der Waals surface area contributed by atoms with E-state index in [2.05, 4.69) is 6.07 Å². The summed E-state index contributed by atoms with van der Waals surface area (Å²) >= 11 is 1.99. The first-order valence-corrected chi connectivity index (χ1v) is 8.00. The van der Waals surface area contributed by atoms with E-state index in [9.17, 15) is 4.79 Å². The Morgan fingerprint density at radius 2 is 2.20 bits per heavy atom. The summed E-state index contributed by atoms with van der Waals surface area (Å²) in [6, 6.07) is 5.50. The molecule has 3 N–H and O–H groups in total. The minimum Gasteiger partial charge on any atom is -0.496 e. The zero-order valence-corrected chi connectivity index (χ0v) is 12.5. The van der Waals surface area contributed by atoms with Crippen LogP contribution in [0, 0.1) is 0 Å². The van der Waals surface area contributed by atoms with Gasteiger partial charge >= 0.3 is 5.97 Å². The van der Waals surface area contributed by atoms with Crippen molar-refractivity contribution < 1.29 is 14.6 Å². The van der Waals surface area contributed by atoms with Gasteiger partial charge in [-0.1, -0.05) is 12.1 Å². The molecular weight excluding hydrogens is 274 g/mol. The van der Waals surface area contributed by atoms with Gasteiger partial charge in [-0.3, -0.25) is 4.79 Å². The lowest BCUT2D eigenvalue weighted by molar-refractivity contribution is -0.137. The molecule has 1 heterocycles. The van der Waals surface area contributed by atoms with Crippen LogP contribution < -0.4 is 10.5 Å². The second-order valence-corrected chi connectivity index (χ2v) is 6.32. The molecule has 1 aromatic rings. The molecule has 4 nitrogen and oxygen atoms in total. The van der Waals surface area contributed by atoms with Crippen LogP contribution >= 0.6 is 11.8 Å². The fourth-order valence-corrected chi connectivity index (χ4v) is 3.73. The van der Waals surface area contributed by atoms with E-state index in [1.807, 2.05) is 23.9 Å². The summed E-state index contributed by atoms with van der Waals surface area (Å²) in [5.41, 5.74) is 8.05. The Morgan fingerprint density at radius 3 is 2.80 bits per heavy atom. The Kier molecular flexibility index (Phi) is 5.31. The number of thioether (sulfide) groups is 1. The standard InChI is InChI=1S/C15H21NO3S/c1-19-14-3-2-11(10-4-6-20-7-5-10)8-12(14)13(16)9-15(17)18/h2-3,8,10,13H,4-7,9,16H2,1H3,(H,17,18). The Bertz CT molecular complexity index is 472. The molecule has 0 spiro atoms. The molecule has 5 heteroatoms. The van der Waals surface area contributed by atoms with Crippen molar-refractivity contribution in [3.05, 3.63) is 29.3 Å². The van der Waals surface area contributed by atoms with Crippen molar-refractivity contribution in [1.29, 1.82) is 0 Å². The van der Waals surface area contributed by atoms with E-state index in [1.165, 1.54) is 29.9 Å². The summed E-state index contributed by atoms with van der Waals surface area (Å²) in [5, 5.41) is 8.90. The molecule has 0 aromatic heterocycles. The van der Waals surface area contributed by atoms with Gasteiger partial charge in [0.15, 0.2) is 0 Å². The van der Waals surface area contributed by atoms with Crippen LogP contribution in [0.25, 0.3) is 0 Å². The van der Waals surface area contributed by atoms with Gasteiger partial charge in [-0.2, -0.15) is 11.8 Å². The number of ether oxygens (including phenoxy) is 1. The number of carbonyl (C=O) groups is 1. The van der Waals surface area contributed by atoms with Crippen LogP contribution in [0.5, 0.6) is 5.75 Å². The van der Waals surface area contributed by atoms with E-state index in [0.29, 0.717) is 11.7 Å². The third-order valence-corrected chi connectivity index (χ3v) is 4.79. The van der Waals surface area contributed by atoms with Crippen molar-refractivity contribution in [1.82, 2.24) is 0 Å². The molecular formula is C15H21NO3S. The van der Waals surface area contributed by atoms with Crippen LogP contribution in [0.4, 0.5) is 0 Å². The average Bonchev–Trinajstić information content (AvgIpc) is 2.46. The number of methoxy groups -OCH3 is 1.